The molecule has 1 heterocycles. The molecule has 1 fully saturated rings. The number of hydrogen-bond acceptors (Lipinski definition) is 4. The minimum Gasteiger partial charge on any atom is -0.384 e. The van der Waals surface area contributed by atoms with E-state index >= 15 is 0 Å². The first-order valence-electron chi connectivity index (χ1n) is 7.27. The van der Waals surface area contributed by atoms with Gasteiger partial charge in [-0.2, -0.15) is 0 Å². The first-order valence-corrected chi connectivity index (χ1v) is 7.27. The van der Waals surface area contributed by atoms with E-state index in [9.17, 15) is 10.1 Å². The first kappa shape index (κ1) is 14.8. The van der Waals surface area contributed by atoms with Crippen molar-refractivity contribution in [2.45, 2.75) is 26.7 Å². The number of nitrogens with zero attached hydrogens (tertiary/aromatic N) is 2. The first-order chi connectivity index (χ1) is 9.56. The van der Waals surface area contributed by atoms with Crippen molar-refractivity contribution in [3.05, 3.63) is 33.9 Å². The lowest BCUT2D eigenvalue weighted by Gasteiger charge is -2.30. The molecule has 0 amide bonds. The van der Waals surface area contributed by atoms with Crippen molar-refractivity contribution in [1.29, 1.82) is 0 Å². The fourth-order valence-corrected chi connectivity index (χ4v) is 2.61. The zero-order valence-electron chi connectivity index (χ0n) is 12.3. The molecule has 110 valence electrons. The van der Waals surface area contributed by atoms with Gasteiger partial charge in [0.05, 0.1) is 4.92 Å². The van der Waals surface area contributed by atoms with Crippen LogP contribution in [0.25, 0.3) is 0 Å². The minimum absolute atomic E-state index is 0.181. The van der Waals surface area contributed by atoms with Gasteiger partial charge in [0.15, 0.2) is 0 Å². The van der Waals surface area contributed by atoms with Gasteiger partial charge in [-0.15, -0.1) is 0 Å². The van der Waals surface area contributed by atoms with Gasteiger partial charge in [-0.05, 0) is 50.9 Å². The summed E-state index contributed by atoms with van der Waals surface area (Å²) in [6, 6.07) is 5.19. The van der Waals surface area contributed by atoms with Gasteiger partial charge < -0.3 is 10.2 Å². The Balaban J connectivity index is 1.79. The summed E-state index contributed by atoms with van der Waals surface area (Å²) in [5, 5.41) is 14.1. The Kier molecular flexibility index (Phi) is 4.95. The molecule has 1 saturated heterocycles. The lowest BCUT2D eigenvalue weighted by molar-refractivity contribution is -0.385. The number of nitro groups is 1. The van der Waals surface area contributed by atoms with E-state index in [0.29, 0.717) is 5.56 Å². The molecule has 0 aliphatic carbocycles. The lowest BCUT2D eigenvalue weighted by Crippen LogP contribution is -2.36. The maximum Gasteiger partial charge on any atom is 0.272 e. The summed E-state index contributed by atoms with van der Waals surface area (Å²) in [6.07, 6.45) is 2.58. The van der Waals surface area contributed by atoms with Crippen LogP contribution in [0, 0.1) is 23.0 Å². The summed E-state index contributed by atoms with van der Waals surface area (Å²) in [7, 11) is 0. The third-order valence-electron chi connectivity index (χ3n) is 4.03. The predicted octanol–water partition coefficient (Wildman–Crippen LogP) is 3.05. The number of piperidine rings is 1. The topological polar surface area (TPSA) is 58.4 Å². The molecule has 2 rings (SSSR count). The summed E-state index contributed by atoms with van der Waals surface area (Å²) in [4.78, 5) is 12.9. The van der Waals surface area contributed by atoms with Gasteiger partial charge >= 0.3 is 0 Å². The van der Waals surface area contributed by atoms with Gasteiger partial charge in [-0.3, -0.25) is 10.1 Å². The fraction of sp³-hybridized carbons (Fsp3) is 0.600. The Morgan fingerprint density at radius 3 is 2.70 bits per heavy atom. The average molecular weight is 277 g/mol. The number of likely N-dealkylation sites (tertiary alicyclic amines) is 1. The highest BCUT2D eigenvalue weighted by Gasteiger charge is 2.15. The lowest BCUT2D eigenvalue weighted by atomic mass is 9.99. The predicted molar refractivity (Wildman–Crippen MR) is 81.2 cm³/mol. The molecule has 0 aromatic heterocycles. The highest BCUT2D eigenvalue weighted by atomic mass is 16.6. The molecule has 1 aromatic rings. The van der Waals surface area contributed by atoms with Gasteiger partial charge in [-0.1, -0.05) is 6.92 Å². The molecule has 0 bridgehead atoms. The highest BCUT2D eigenvalue weighted by Crippen LogP contribution is 2.21. The van der Waals surface area contributed by atoms with Crippen LogP contribution >= 0.6 is 0 Å². The Labute approximate surface area is 120 Å². The maximum absolute atomic E-state index is 10.8. The average Bonchev–Trinajstić information content (AvgIpc) is 2.41. The number of nitrogens with one attached hydrogen (secondary N) is 1. The Bertz CT molecular complexity index is 468. The number of benzene rings is 1. The van der Waals surface area contributed by atoms with E-state index in [4.69, 9.17) is 0 Å². The fourth-order valence-electron chi connectivity index (χ4n) is 2.61. The molecule has 5 heteroatoms. The summed E-state index contributed by atoms with van der Waals surface area (Å²) < 4.78 is 0. The summed E-state index contributed by atoms with van der Waals surface area (Å²) >= 11 is 0. The molecule has 1 N–H and O–H groups in total. The summed E-state index contributed by atoms with van der Waals surface area (Å²) in [5.41, 5.74) is 1.84. The van der Waals surface area contributed by atoms with Gasteiger partial charge in [-0.25, -0.2) is 0 Å². The van der Waals surface area contributed by atoms with Crippen molar-refractivity contribution in [3.63, 3.8) is 0 Å². The second-order valence-corrected chi connectivity index (χ2v) is 5.71. The number of rotatable bonds is 5. The molecule has 1 aliphatic heterocycles. The number of anilines is 1. The van der Waals surface area contributed by atoms with E-state index in [0.717, 1.165) is 24.7 Å². The highest BCUT2D eigenvalue weighted by molar-refractivity contribution is 5.53. The van der Waals surface area contributed by atoms with Crippen LogP contribution in [0.1, 0.15) is 25.3 Å². The molecular weight excluding hydrogens is 254 g/mol. The second kappa shape index (κ2) is 6.70. The van der Waals surface area contributed by atoms with E-state index in [1.807, 2.05) is 6.07 Å². The number of nitro benzene ring substituents is 1. The normalized spacial score (nSPS) is 17.1. The van der Waals surface area contributed by atoms with Crippen LogP contribution in [-0.4, -0.2) is 36.0 Å². The molecule has 20 heavy (non-hydrogen) atoms. The zero-order valence-corrected chi connectivity index (χ0v) is 12.3. The van der Waals surface area contributed by atoms with Crippen LogP contribution in [0.15, 0.2) is 18.2 Å². The smallest absolute Gasteiger partial charge is 0.272 e. The van der Waals surface area contributed by atoms with Crippen LogP contribution in [-0.2, 0) is 0 Å². The van der Waals surface area contributed by atoms with Crippen LogP contribution in [0.2, 0.25) is 0 Å². The van der Waals surface area contributed by atoms with Crippen LogP contribution in [0.3, 0.4) is 0 Å². The van der Waals surface area contributed by atoms with E-state index in [2.05, 4.69) is 17.1 Å². The van der Waals surface area contributed by atoms with Crippen molar-refractivity contribution in [2.75, 3.05) is 31.5 Å². The Hall–Kier alpha value is -1.62. The second-order valence-electron chi connectivity index (χ2n) is 5.71. The minimum atomic E-state index is -0.339. The number of hydrogen-bond donors (Lipinski definition) is 1. The van der Waals surface area contributed by atoms with Gasteiger partial charge in [0.1, 0.15) is 0 Å². The van der Waals surface area contributed by atoms with Gasteiger partial charge in [0.2, 0.25) is 0 Å². The van der Waals surface area contributed by atoms with Crippen LogP contribution < -0.4 is 5.32 Å². The molecule has 0 atom stereocenters. The van der Waals surface area contributed by atoms with E-state index in [1.165, 1.54) is 25.9 Å². The van der Waals surface area contributed by atoms with Gasteiger partial charge in [0, 0.05) is 30.4 Å². The summed E-state index contributed by atoms with van der Waals surface area (Å²) in [6.45, 7) is 8.36. The maximum atomic E-state index is 10.8. The Morgan fingerprint density at radius 2 is 2.10 bits per heavy atom. The van der Waals surface area contributed by atoms with Crippen LogP contribution in [0.4, 0.5) is 11.4 Å². The van der Waals surface area contributed by atoms with Crippen molar-refractivity contribution in [2.24, 2.45) is 5.92 Å². The van der Waals surface area contributed by atoms with E-state index < -0.39 is 0 Å². The van der Waals surface area contributed by atoms with Crippen molar-refractivity contribution in [1.82, 2.24) is 4.90 Å². The molecule has 0 radical (unpaired) electrons. The molecule has 1 aliphatic rings. The monoisotopic (exact) mass is 277 g/mol. The quantitative estimate of drug-likeness (QED) is 0.664. The molecule has 5 nitrogen and oxygen atoms in total. The molecule has 0 unspecified atom stereocenters. The standard InChI is InChI=1S/C15H23N3O2/c1-12-5-8-17(9-6-12)10-7-16-14-3-4-15(18(19)20)13(2)11-14/h3-4,11-12,16H,5-10H2,1-2H3. The largest absolute Gasteiger partial charge is 0.384 e. The van der Waals surface area contributed by atoms with Crippen molar-refractivity contribution >= 4 is 11.4 Å². The summed E-state index contributed by atoms with van der Waals surface area (Å²) in [5.74, 6) is 0.858. The van der Waals surface area contributed by atoms with E-state index in [1.54, 1.807) is 19.1 Å². The van der Waals surface area contributed by atoms with Crippen LogP contribution in [0.5, 0.6) is 0 Å². The molecule has 0 spiro atoms. The van der Waals surface area contributed by atoms with E-state index in [-0.39, 0.29) is 10.6 Å². The Morgan fingerprint density at radius 1 is 1.40 bits per heavy atom. The third kappa shape index (κ3) is 3.93. The molecule has 0 saturated carbocycles. The molecule has 1 aromatic carbocycles. The number of aryl methyl sites for hydroxylation is 1. The third-order valence-corrected chi connectivity index (χ3v) is 4.03. The zero-order chi connectivity index (χ0) is 14.5. The SMILES string of the molecule is Cc1cc(NCCN2CCC(C)CC2)ccc1[N+](=O)[O-]. The van der Waals surface area contributed by atoms with Crippen molar-refractivity contribution < 1.29 is 4.92 Å². The van der Waals surface area contributed by atoms with Crippen molar-refractivity contribution in [3.8, 4) is 0 Å². The molecular formula is C15H23N3O2. The van der Waals surface area contributed by atoms with Gasteiger partial charge in [0.25, 0.3) is 5.69 Å².